The first-order valence-corrected chi connectivity index (χ1v) is 9.99. The fraction of sp³-hybridized carbons (Fsp3) is 0.318. The number of ether oxygens (including phenoxy) is 4. The summed E-state index contributed by atoms with van der Waals surface area (Å²) in [6.45, 7) is 1.45. The van der Waals surface area contributed by atoms with Crippen molar-refractivity contribution in [3.63, 3.8) is 0 Å². The average Bonchev–Trinajstić information content (AvgIpc) is 3.08. The van der Waals surface area contributed by atoms with E-state index in [1.807, 2.05) is 24.3 Å². The number of hydrogen-bond acceptors (Lipinski definition) is 8. The first kappa shape index (κ1) is 21.4. The molecule has 0 saturated heterocycles. The molecule has 0 unspecified atom stereocenters. The van der Waals surface area contributed by atoms with E-state index in [1.165, 1.54) is 14.2 Å². The third-order valence-electron chi connectivity index (χ3n) is 5.05. The second-order valence-corrected chi connectivity index (χ2v) is 7.18. The number of rotatable bonds is 7. The molecule has 0 radical (unpaired) electrons. The average molecular weight is 440 g/mol. The van der Waals surface area contributed by atoms with Crippen LogP contribution >= 0.6 is 0 Å². The van der Waals surface area contributed by atoms with Crippen molar-refractivity contribution in [2.45, 2.75) is 6.54 Å². The number of anilines is 2. The van der Waals surface area contributed by atoms with Gasteiger partial charge in [-0.25, -0.2) is 9.78 Å². The number of fused-ring (bicyclic) bond motifs is 2. The van der Waals surface area contributed by atoms with Gasteiger partial charge in [-0.3, -0.25) is 4.79 Å². The van der Waals surface area contributed by atoms with E-state index in [2.05, 4.69) is 15.6 Å². The van der Waals surface area contributed by atoms with E-state index in [9.17, 15) is 9.59 Å². The van der Waals surface area contributed by atoms with Gasteiger partial charge in [-0.05, 0) is 23.8 Å². The number of nitrogens with one attached hydrogen (secondary N) is 2. The van der Waals surface area contributed by atoms with Gasteiger partial charge < -0.3 is 34.1 Å². The van der Waals surface area contributed by atoms with Crippen LogP contribution in [0.4, 0.5) is 11.4 Å². The van der Waals surface area contributed by atoms with Crippen molar-refractivity contribution in [1.82, 2.24) is 9.55 Å². The van der Waals surface area contributed by atoms with E-state index in [0.29, 0.717) is 36.5 Å². The Morgan fingerprint density at radius 1 is 1.16 bits per heavy atom. The minimum atomic E-state index is -0.580. The number of esters is 1. The van der Waals surface area contributed by atoms with Crippen LogP contribution in [0, 0.1) is 0 Å². The molecule has 4 rings (SSSR count). The molecule has 0 aliphatic carbocycles. The summed E-state index contributed by atoms with van der Waals surface area (Å²) in [5.41, 5.74) is 2.78. The Morgan fingerprint density at radius 3 is 2.69 bits per heavy atom. The Morgan fingerprint density at radius 2 is 1.94 bits per heavy atom. The molecule has 2 N–H and O–H groups in total. The molecule has 0 bridgehead atoms. The molecule has 0 spiro atoms. The van der Waals surface area contributed by atoms with E-state index >= 15 is 0 Å². The first-order chi connectivity index (χ1) is 15.5. The summed E-state index contributed by atoms with van der Waals surface area (Å²) in [4.78, 5) is 29.1. The number of nitrogens with zero attached hydrogens (tertiary/aromatic N) is 2. The summed E-state index contributed by atoms with van der Waals surface area (Å²) in [5.74, 6) is 0.487. The Bertz CT molecular complexity index is 1170. The summed E-state index contributed by atoms with van der Waals surface area (Å²) in [6, 6.07) is 7.61. The van der Waals surface area contributed by atoms with Crippen LogP contribution in [0.1, 0.15) is 16.1 Å². The van der Waals surface area contributed by atoms with Gasteiger partial charge in [0.2, 0.25) is 5.91 Å². The van der Waals surface area contributed by atoms with Crippen LogP contribution in [0.5, 0.6) is 11.5 Å². The van der Waals surface area contributed by atoms with E-state index in [4.69, 9.17) is 18.9 Å². The molecule has 3 aromatic rings. The maximum absolute atomic E-state index is 12.4. The van der Waals surface area contributed by atoms with Gasteiger partial charge in [0.15, 0.2) is 17.2 Å². The number of carbonyl (C=O) groups is 2. The number of aryl methyl sites for hydroxylation is 1. The van der Waals surface area contributed by atoms with Crippen LogP contribution < -0.4 is 20.1 Å². The summed E-state index contributed by atoms with van der Waals surface area (Å²) in [5, 5.41) is 6.66. The Hall–Kier alpha value is -3.79. The number of carbonyl (C=O) groups excluding carboxylic acids is 2. The zero-order chi connectivity index (χ0) is 22.7. The predicted molar refractivity (Wildman–Crippen MR) is 117 cm³/mol. The minimum absolute atomic E-state index is 0.146. The van der Waals surface area contributed by atoms with E-state index in [-0.39, 0.29) is 18.2 Å². The molecular formula is C22H24N4O6. The maximum Gasteiger partial charge on any atom is 0.356 e. The monoisotopic (exact) mass is 440 g/mol. The standard InChI is InChI=1S/C22H24N4O6/c1-26-20(22(28)30-3)19(25-18(27)12-29-2)15-9-14(11-24-21(15)26)23-10-13-4-5-16-17(8-13)32-7-6-31-16/h4-5,8-9,11,23H,6-7,10,12H2,1-3H3,(H,25,27). The summed E-state index contributed by atoms with van der Waals surface area (Å²) < 4.78 is 22.6. The summed E-state index contributed by atoms with van der Waals surface area (Å²) in [7, 11) is 4.40. The molecule has 0 fully saturated rings. The molecule has 2 aromatic heterocycles. The van der Waals surface area contributed by atoms with Crippen LogP contribution in [0.2, 0.25) is 0 Å². The molecule has 1 aliphatic rings. The summed E-state index contributed by atoms with van der Waals surface area (Å²) in [6.07, 6.45) is 1.67. The molecule has 1 aliphatic heterocycles. The Balaban J connectivity index is 1.63. The quantitative estimate of drug-likeness (QED) is 0.539. The smallest absolute Gasteiger partial charge is 0.356 e. The zero-order valence-electron chi connectivity index (χ0n) is 18.1. The molecule has 0 saturated carbocycles. The number of pyridine rings is 1. The van der Waals surface area contributed by atoms with Crippen LogP contribution in [0.15, 0.2) is 30.5 Å². The number of hydrogen-bond donors (Lipinski definition) is 2. The minimum Gasteiger partial charge on any atom is -0.486 e. The predicted octanol–water partition coefficient (Wildman–Crippen LogP) is 2.33. The third-order valence-corrected chi connectivity index (χ3v) is 5.05. The van der Waals surface area contributed by atoms with Gasteiger partial charge in [0, 0.05) is 26.1 Å². The third kappa shape index (κ3) is 4.17. The van der Waals surface area contributed by atoms with Gasteiger partial charge in [0.05, 0.1) is 24.7 Å². The highest BCUT2D eigenvalue weighted by molar-refractivity contribution is 6.11. The van der Waals surface area contributed by atoms with Crippen LogP contribution in [0.25, 0.3) is 11.0 Å². The van der Waals surface area contributed by atoms with E-state index in [0.717, 1.165) is 22.7 Å². The highest BCUT2D eigenvalue weighted by Gasteiger charge is 2.24. The Labute approximate surface area is 184 Å². The van der Waals surface area contributed by atoms with Gasteiger partial charge >= 0.3 is 5.97 Å². The Kier molecular flexibility index (Phi) is 6.13. The topological polar surface area (TPSA) is 113 Å². The molecule has 1 aromatic carbocycles. The highest BCUT2D eigenvalue weighted by Crippen LogP contribution is 2.33. The van der Waals surface area contributed by atoms with Crippen molar-refractivity contribution in [1.29, 1.82) is 0 Å². The first-order valence-electron chi connectivity index (χ1n) is 9.99. The molecule has 1 amide bonds. The van der Waals surface area contributed by atoms with Crippen LogP contribution in [-0.2, 0) is 27.9 Å². The molecule has 10 heteroatoms. The van der Waals surface area contributed by atoms with E-state index in [1.54, 1.807) is 17.8 Å². The lowest BCUT2D eigenvalue weighted by Gasteiger charge is -2.19. The molecule has 3 heterocycles. The van der Waals surface area contributed by atoms with Crippen molar-refractivity contribution in [2.24, 2.45) is 7.05 Å². The van der Waals surface area contributed by atoms with Crippen molar-refractivity contribution >= 4 is 34.3 Å². The van der Waals surface area contributed by atoms with Gasteiger partial charge in [0.1, 0.15) is 25.5 Å². The second kappa shape index (κ2) is 9.15. The summed E-state index contributed by atoms with van der Waals surface area (Å²) >= 11 is 0. The molecule has 0 atom stereocenters. The van der Waals surface area contributed by atoms with Crippen molar-refractivity contribution < 1.29 is 28.5 Å². The number of methoxy groups -OCH3 is 2. The lowest BCUT2D eigenvalue weighted by atomic mass is 10.2. The van der Waals surface area contributed by atoms with Gasteiger partial charge in [-0.1, -0.05) is 6.07 Å². The van der Waals surface area contributed by atoms with Crippen molar-refractivity contribution in [3.8, 4) is 11.5 Å². The fourth-order valence-electron chi connectivity index (χ4n) is 3.58. The molecular weight excluding hydrogens is 416 g/mol. The lowest BCUT2D eigenvalue weighted by molar-refractivity contribution is -0.119. The van der Waals surface area contributed by atoms with Crippen LogP contribution in [0.3, 0.4) is 0 Å². The fourth-order valence-corrected chi connectivity index (χ4v) is 3.58. The molecule has 10 nitrogen and oxygen atoms in total. The maximum atomic E-state index is 12.4. The van der Waals surface area contributed by atoms with Crippen LogP contribution in [-0.4, -0.2) is 55.5 Å². The number of amides is 1. The SMILES string of the molecule is COCC(=O)Nc1c(C(=O)OC)n(C)c2ncc(NCc3ccc4c(c3)OCCO4)cc12. The zero-order valence-corrected chi connectivity index (χ0v) is 18.1. The van der Waals surface area contributed by atoms with Crippen molar-refractivity contribution in [2.75, 3.05) is 44.7 Å². The lowest BCUT2D eigenvalue weighted by Crippen LogP contribution is -2.19. The normalized spacial score (nSPS) is 12.5. The van der Waals surface area contributed by atoms with Gasteiger partial charge in [0.25, 0.3) is 0 Å². The van der Waals surface area contributed by atoms with Gasteiger partial charge in [-0.15, -0.1) is 0 Å². The van der Waals surface area contributed by atoms with Gasteiger partial charge in [-0.2, -0.15) is 0 Å². The molecule has 32 heavy (non-hydrogen) atoms. The number of aromatic nitrogens is 2. The second-order valence-electron chi connectivity index (χ2n) is 7.18. The largest absolute Gasteiger partial charge is 0.486 e. The highest BCUT2D eigenvalue weighted by atomic mass is 16.6. The van der Waals surface area contributed by atoms with E-state index < -0.39 is 5.97 Å². The van der Waals surface area contributed by atoms with Crippen molar-refractivity contribution in [3.05, 3.63) is 41.7 Å². The molecule has 168 valence electrons. The number of benzene rings is 1.